The Kier molecular flexibility index (Phi) is 5.68. The number of benzene rings is 1. The van der Waals surface area contributed by atoms with Crippen LogP contribution in [0.3, 0.4) is 0 Å². The van der Waals surface area contributed by atoms with Crippen LogP contribution in [0.5, 0.6) is 0 Å². The van der Waals surface area contributed by atoms with Crippen molar-refractivity contribution in [3.05, 3.63) is 42.1 Å². The standard InChI is InChI=1S/C19H23N3O4/c1-26-12-16(19(24)25)21-18(23)15-11-20-22(14-9-5-6-10-14)17(15)13-7-3-2-4-8-13/h2-4,7-8,11,14,16H,5-6,9-10,12H2,1H3,(H,21,23)(H,24,25). The lowest BCUT2D eigenvalue weighted by atomic mass is 10.1. The van der Waals surface area contributed by atoms with Crippen molar-refractivity contribution in [3.63, 3.8) is 0 Å². The first kappa shape index (κ1) is 18.1. The monoisotopic (exact) mass is 357 g/mol. The number of nitrogens with one attached hydrogen (secondary N) is 1. The first-order valence-corrected chi connectivity index (χ1v) is 8.77. The largest absolute Gasteiger partial charge is 0.480 e. The number of hydrogen-bond acceptors (Lipinski definition) is 4. The molecule has 3 rings (SSSR count). The number of ether oxygens (including phenoxy) is 1. The van der Waals surface area contributed by atoms with Gasteiger partial charge in [0.25, 0.3) is 5.91 Å². The van der Waals surface area contributed by atoms with Crippen molar-refractivity contribution in [2.45, 2.75) is 37.8 Å². The molecule has 26 heavy (non-hydrogen) atoms. The lowest BCUT2D eigenvalue weighted by Gasteiger charge is -2.17. The second-order valence-electron chi connectivity index (χ2n) is 6.48. The molecule has 1 aliphatic carbocycles. The third kappa shape index (κ3) is 3.77. The second kappa shape index (κ2) is 8.14. The summed E-state index contributed by atoms with van der Waals surface area (Å²) in [6.45, 7) is -0.0987. The van der Waals surface area contributed by atoms with E-state index >= 15 is 0 Å². The molecular weight excluding hydrogens is 334 g/mol. The van der Waals surface area contributed by atoms with Crippen LogP contribution in [0.25, 0.3) is 11.3 Å². The molecule has 1 atom stereocenters. The average molecular weight is 357 g/mol. The van der Waals surface area contributed by atoms with Crippen molar-refractivity contribution in [2.24, 2.45) is 0 Å². The number of rotatable bonds is 7. The van der Waals surface area contributed by atoms with E-state index in [0.717, 1.165) is 36.9 Å². The van der Waals surface area contributed by atoms with Gasteiger partial charge in [-0.2, -0.15) is 5.10 Å². The van der Waals surface area contributed by atoms with Crippen molar-refractivity contribution in [3.8, 4) is 11.3 Å². The summed E-state index contributed by atoms with van der Waals surface area (Å²) in [5.41, 5.74) is 2.00. The Morgan fingerprint density at radius 3 is 2.62 bits per heavy atom. The van der Waals surface area contributed by atoms with Gasteiger partial charge in [0.15, 0.2) is 6.04 Å². The molecule has 0 bridgehead atoms. The highest BCUT2D eigenvalue weighted by molar-refractivity contribution is 6.01. The first-order chi connectivity index (χ1) is 12.6. The molecule has 7 heteroatoms. The van der Waals surface area contributed by atoms with Gasteiger partial charge >= 0.3 is 5.97 Å². The van der Waals surface area contributed by atoms with E-state index in [1.807, 2.05) is 35.0 Å². The Morgan fingerprint density at radius 1 is 1.31 bits per heavy atom. The minimum Gasteiger partial charge on any atom is -0.480 e. The second-order valence-corrected chi connectivity index (χ2v) is 6.48. The van der Waals surface area contributed by atoms with Crippen LogP contribution in [-0.4, -0.2) is 46.5 Å². The van der Waals surface area contributed by atoms with Gasteiger partial charge in [-0.3, -0.25) is 9.48 Å². The third-order valence-corrected chi connectivity index (χ3v) is 4.69. The highest BCUT2D eigenvalue weighted by atomic mass is 16.5. The molecule has 138 valence electrons. The maximum absolute atomic E-state index is 12.8. The number of aliphatic carboxylic acids is 1. The van der Waals surface area contributed by atoms with Crippen LogP contribution in [0.4, 0.5) is 0 Å². The number of aromatic nitrogens is 2. The van der Waals surface area contributed by atoms with Gasteiger partial charge in [0.1, 0.15) is 0 Å². The summed E-state index contributed by atoms with van der Waals surface area (Å²) in [5, 5.41) is 16.3. The first-order valence-electron chi connectivity index (χ1n) is 8.77. The fourth-order valence-electron chi connectivity index (χ4n) is 3.42. The number of nitrogens with zero attached hydrogens (tertiary/aromatic N) is 2. The fraction of sp³-hybridized carbons (Fsp3) is 0.421. The van der Waals surface area contributed by atoms with Gasteiger partial charge in [-0.15, -0.1) is 0 Å². The van der Waals surface area contributed by atoms with Gasteiger partial charge in [-0.05, 0) is 12.8 Å². The highest BCUT2D eigenvalue weighted by Crippen LogP contribution is 2.34. The van der Waals surface area contributed by atoms with E-state index in [1.54, 1.807) is 0 Å². The number of hydrogen-bond donors (Lipinski definition) is 2. The summed E-state index contributed by atoms with van der Waals surface area (Å²) in [5.74, 6) is -1.60. The van der Waals surface area contributed by atoms with Crippen LogP contribution in [-0.2, 0) is 9.53 Å². The number of carbonyl (C=O) groups is 2. The lowest BCUT2D eigenvalue weighted by molar-refractivity contribution is -0.140. The molecule has 1 unspecified atom stereocenters. The van der Waals surface area contributed by atoms with Crippen molar-refractivity contribution >= 4 is 11.9 Å². The summed E-state index contributed by atoms with van der Waals surface area (Å²) < 4.78 is 6.81. The normalized spacial score (nSPS) is 15.7. The molecule has 0 aliphatic heterocycles. The zero-order valence-corrected chi connectivity index (χ0v) is 14.7. The minimum absolute atomic E-state index is 0.0987. The van der Waals surface area contributed by atoms with E-state index < -0.39 is 17.9 Å². The molecule has 1 aromatic heterocycles. The van der Waals surface area contributed by atoms with E-state index in [1.165, 1.54) is 13.3 Å². The molecule has 0 radical (unpaired) electrons. The maximum Gasteiger partial charge on any atom is 0.328 e. The Morgan fingerprint density at radius 2 is 2.00 bits per heavy atom. The minimum atomic E-state index is -1.13. The molecule has 2 N–H and O–H groups in total. The lowest BCUT2D eigenvalue weighted by Crippen LogP contribution is -2.43. The van der Waals surface area contributed by atoms with E-state index in [2.05, 4.69) is 10.4 Å². The summed E-state index contributed by atoms with van der Waals surface area (Å²) in [7, 11) is 1.40. The predicted octanol–water partition coefficient (Wildman–Crippen LogP) is 2.49. The Balaban J connectivity index is 1.96. The Hall–Kier alpha value is -2.67. The quantitative estimate of drug-likeness (QED) is 0.794. The number of carboxylic acid groups (broad SMARTS) is 1. The van der Waals surface area contributed by atoms with E-state index in [-0.39, 0.29) is 12.6 Å². The highest BCUT2D eigenvalue weighted by Gasteiger charge is 2.28. The molecule has 1 heterocycles. The van der Waals surface area contributed by atoms with Crippen molar-refractivity contribution in [1.29, 1.82) is 0 Å². The van der Waals surface area contributed by atoms with E-state index in [9.17, 15) is 14.7 Å². The van der Waals surface area contributed by atoms with Crippen LogP contribution in [0.15, 0.2) is 36.5 Å². The van der Waals surface area contributed by atoms with Crippen molar-refractivity contribution in [1.82, 2.24) is 15.1 Å². The van der Waals surface area contributed by atoms with Crippen molar-refractivity contribution in [2.75, 3.05) is 13.7 Å². The zero-order valence-electron chi connectivity index (χ0n) is 14.7. The predicted molar refractivity (Wildman–Crippen MR) is 95.9 cm³/mol. The van der Waals surface area contributed by atoms with E-state index in [0.29, 0.717) is 5.56 Å². The van der Waals surface area contributed by atoms with Crippen LogP contribution in [0.1, 0.15) is 42.1 Å². The van der Waals surface area contributed by atoms with Crippen LogP contribution in [0.2, 0.25) is 0 Å². The molecule has 7 nitrogen and oxygen atoms in total. The molecule has 1 amide bonds. The number of carbonyl (C=O) groups excluding carboxylic acids is 1. The van der Waals surface area contributed by atoms with E-state index in [4.69, 9.17) is 4.74 Å². The Labute approximate surface area is 152 Å². The van der Waals surface area contributed by atoms with Gasteiger partial charge in [-0.25, -0.2) is 4.79 Å². The van der Waals surface area contributed by atoms with Gasteiger partial charge < -0.3 is 15.2 Å². The van der Waals surface area contributed by atoms with Crippen LogP contribution < -0.4 is 5.32 Å². The van der Waals surface area contributed by atoms with Crippen LogP contribution >= 0.6 is 0 Å². The smallest absolute Gasteiger partial charge is 0.328 e. The molecule has 1 aliphatic rings. The van der Waals surface area contributed by atoms with Gasteiger partial charge in [0, 0.05) is 12.7 Å². The average Bonchev–Trinajstić information content (AvgIpc) is 3.31. The zero-order chi connectivity index (χ0) is 18.5. The third-order valence-electron chi connectivity index (χ3n) is 4.69. The van der Waals surface area contributed by atoms with Gasteiger partial charge in [-0.1, -0.05) is 43.2 Å². The van der Waals surface area contributed by atoms with Gasteiger partial charge in [0.2, 0.25) is 0 Å². The topological polar surface area (TPSA) is 93.5 Å². The Bertz CT molecular complexity index is 766. The SMILES string of the molecule is COCC(NC(=O)c1cnn(C2CCCC2)c1-c1ccccc1)C(=O)O. The van der Waals surface area contributed by atoms with Crippen molar-refractivity contribution < 1.29 is 19.4 Å². The number of methoxy groups -OCH3 is 1. The summed E-state index contributed by atoms with van der Waals surface area (Å²) in [6.07, 6.45) is 5.89. The molecule has 1 saturated carbocycles. The summed E-state index contributed by atoms with van der Waals surface area (Å²) in [6, 6.07) is 8.76. The number of amides is 1. The maximum atomic E-state index is 12.8. The molecule has 1 fully saturated rings. The summed E-state index contributed by atoms with van der Waals surface area (Å²) in [4.78, 5) is 24.1. The number of carboxylic acids is 1. The molecule has 1 aromatic carbocycles. The van der Waals surface area contributed by atoms with Gasteiger partial charge in [0.05, 0.1) is 30.1 Å². The molecule has 0 saturated heterocycles. The molecular formula is C19H23N3O4. The fourth-order valence-corrected chi connectivity index (χ4v) is 3.42. The molecule has 2 aromatic rings. The molecule has 0 spiro atoms. The summed E-state index contributed by atoms with van der Waals surface area (Å²) >= 11 is 0. The van der Waals surface area contributed by atoms with Crippen LogP contribution in [0, 0.1) is 0 Å².